The molecule has 0 aromatic heterocycles. The van der Waals surface area contributed by atoms with Crippen molar-refractivity contribution in [3.8, 4) is 0 Å². The molecule has 1 aliphatic heterocycles. The van der Waals surface area contributed by atoms with E-state index < -0.39 is 11.1 Å². The van der Waals surface area contributed by atoms with Crippen molar-refractivity contribution in [2.24, 2.45) is 0 Å². The van der Waals surface area contributed by atoms with E-state index in [2.05, 4.69) is 5.32 Å². The summed E-state index contributed by atoms with van der Waals surface area (Å²) < 4.78 is 5.26. The van der Waals surface area contributed by atoms with E-state index in [1.165, 1.54) is 0 Å². The molecule has 0 bridgehead atoms. The van der Waals surface area contributed by atoms with Crippen LogP contribution in [0.1, 0.15) is 34.6 Å². The molecule has 0 aliphatic carbocycles. The summed E-state index contributed by atoms with van der Waals surface area (Å²) in [6.45, 7) is 10.3. The highest BCUT2D eigenvalue weighted by atomic mass is 16.5. The van der Waals surface area contributed by atoms with Crippen LogP contribution in [0.2, 0.25) is 0 Å². The molecule has 1 N–H and O–H groups in total. The number of hydrogen-bond acceptors (Lipinski definition) is 3. The minimum atomic E-state index is -0.835. The van der Waals surface area contributed by atoms with Crippen molar-refractivity contribution in [1.82, 2.24) is 10.2 Å². The van der Waals surface area contributed by atoms with Gasteiger partial charge in [0.15, 0.2) is 0 Å². The second kappa shape index (κ2) is 4.64. The van der Waals surface area contributed by atoms with E-state index in [4.69, 9.17) is 4.74 Å². The Balaban J connectivity index is 2.87. The van der Waals surface area contributed by atoms with Crippen molar-refractivity contribution in [3.63, 3.8) is 0 Å². The SMILES string of the molecule is CCOCCN1C(=O)C(C)(C)NC(=O)C1(C)C. The number of rotatable bonds is 4. The van der Waals surface area contributed by atoms with Crippen LogP contribution in [-0.2, 0) is 14.3 Å². The molecule has 0 radical (unpaired) electrons. The minimum Gasteiger partial charge on any atom is -0.380 e. The Labute approximate surface area is 102 Å². The van der Waals surface area contributed by atoms with Crippen molar-refractivity contribution >= 4 is 11.8 Å². The molecule has 2 amide bonds. The zero-order valence-corrected chi connectivity index (χ0v) is 11.3. The third-order valence-corrected chi connectivity index (χ3v) is 3.10. The highest BCUT2D eigenvalue weighted by Crippen LogP contribution is 2.25. The third kappa shape index (κ3) is 2.60. The third-order valence-electron chi connectivity index (χ3n) is 3.10. The monoisotopic (exact) mass is 242 g/mol. The zero-order chi connectivity index (χ0) is 13.3. The van der Waals surface area contributed by atoms with Gasteiger partial charge in [-0.25, -0.2) is 0 Å². The fraction of sp³-hybridized carbons (Fsp3) is 0.833. The standard InChI is InChI=1S/C12H22N2O3/c1-6-17-8-7-14-10(16)11(2,3)13-9(15)12(14,4)5/h6-8H2,1-5H3,(H,13,15). The molecule has 5 nitrogen and oxygen atoms in total. The molecule has 1 rings (SSSR count). The predicted molar refractivity (Wildman–Crippen MR) is 64.5 cm³/mol. The summed E-state index contributed by atoms with van der Waals surface area (Å²) >= 11 is 0. The summed E-state index contributed by atoms with van der Waals surface area (Å²) in [5.41, 5.74) is -1.65. The van der Waals surface area contributed by atoms with Gasteiger partial charge in [0, 0.05) is 13.2 Å². The molecule has 5 heteroatoms. The summed E-state index contributed by atoms with van der Waals surface area (Å²) in [5.74, 6) is -0.194. The maximum Gasteiger partial charge on any atom is 0.248 e. The summed E-state index contributed by atoms with van der Waals surface area (Å²) in [6.07, 6.45) is 0. The van der Waals surface area contributed by atoms with Gasteiger partial charge in [-0.05, 0) is 34.6 Å². The van der Waals surface area contributed by atoms with Crippen molar-refractivity contribution in [2.75, 3.05) is 19.8 Å². The lowest BCUT2D eigenvalue weighted by atomic mass is 9.90. The normalized spacial score (nSPS) is 22.5. The van der Waals surface area contributed by atoms with Gasteiger partial charge in [-0.1, -0.05) is 0 Å². The van der Waals surface area contributed by atoms with E-state index in [1.54, 1.807) is 32.6 Å². The molecule has 1 aliphatic rings. The molecule has 17 heavy (non-hydrogen) atoms. The molecule has 1 heterocycles. The lowest BCUT2D eigenvalue weighted by molar-refractivity contribution is -0.160. The fourth-order valence-corrected chi connectivity index (χ4v) is 1.89. The van der Waals surface area contributed by atoms with Crippen LogP contribution in [0.25, 0.3) is 0 Å². The molecular weight excluding hydrogens is 220 g/mol. The number of carbonyl (C=O) groups excluding carboxylic acids is 2. The smallest absolute Gasteiger partial charge is 0.248 e. The van der Waals surface area contributed by atoms with Crippen molar-refractivity contribution < 1.29 is 14.3 Å². The lowest BCUT2D eigenvalue weighted by Gasteiger charge is -2.47. The average molecular weight is 242 g/mol. The molecule has 1 fully saturated rings. The predicted octanol–water partition coefficient (Wildman–Crippen LogP) is 0.538. The van der Waals surface area contributed by atoms with Crippen LogP contribution in [-0.4, -0.2) is 47.6 Å². The maximum absolute atomic E-state index is 12.3. The van der Waals surface area contributed by atoms with Crippen LogP contribution in [0, 0.1) is 0 Å². The molecule has 98 valence electrons. The van der Waals surface area contributed by atoms with Gasteiger partial charge in [-0.3, -0.25) is 9.59 Å². The second-order valence-corrected chi connectivity index (χ2v) is 5.29. The van der Waals surface area contributed by atoms with Gasteiger partial charge >= 0.3 is 0 Å². The van der Waals surface area contributed by atoms with Crippen molar-refractivity contribution in [2.45, 2.75) is 45.7 Å². The molecule has 0 atom stereocenters. The molecule has 0 unspecified atom stereocenters. The van der Waals surface area contributed by atoms with E-state index in [0.717, 1.165) is 0 Å². The zero-order valence-electron chi connectivity index (χ0n) is 11.3. The molecule has 0 aromatic carbocycles. The maximum atomic E-state index is 12.3. The number of nitrogens with one attached hydrogen (secondary N) is 1. The number of ether oxygens (including phenoxy) is 1. The van der Waals surface area contributed by atoms with Crippen LogP contribution < -0.4 is 5.32 Å². The molecule has 0 spiro atoms. The Morgan fingerprint density at radius 1 is 1.24 bits per heavy atom. The number of hydrogen-bond donors (Lipinski definition) is 1. The van der Waals surface area contributed by atoms with Gasteiger partial charge in [-0.2, -0.15) is 0 Å². The van der Waals surface area contributed by atoms with Gasteiger partial charge in [0.1, 0.15) is 11.1 Å². The first kappa shape index (κ1) is 14.0. The Bertz CT molecular complexity index is 324. The fourth-order valence-electron chi connectivity index (χ4n) is 1.89. The van der Waals surface area contributed by atoms with Gasteiger partial charge in [0.05, 0.1) is 6.61 Å². The van der Waals surface area contributed by atoms with Crippen LogP contribution >= 0.6 is 0 Å². The number of nitrogens with zero attached hydrogens (tertiary/aromatic N) is 1. The Morgan fingerprint density at radius 3 is 2.35 bits per heavy atom. The molecule has 0 aromatic rings. The minimum absolute atomic E-state index is 0.0678. The first-order valence-corrected chi connectivity index (χ1v) is 5.96. The summed E-state index contributed by atoms with van der Waals surface area (Å²) in [4.78, 5) is 25.8. The Hall–Kier alpha value is -1.10. The van der Waals surface area contributed by atoms with Gasteiger partial charge in [0.2, 0.25) is 11.8 Å². The summed E-state index contributed by atoms with van der Waals surface area (Å²) in [7, 11) is 0. The van der Waals surface area contributed by atoms with E-state index in [9.17, 15) is 9.59 Å². The topological polar surface area (TPSA) is 58.6 Å². The van der Waals surface area contributed by atoms with Crippen LogP contribution in [0.5, 0.6) is 0 Å². The van der Waals surface area contributed by atoms with Crippen LogP contribution in [0.15, 0.2) is 0 Å². The van der Waals surface area contributed by atoms with Crippen LogP contribution in [0.3, 0.4) is 0 Å². The van der Waals surface area contributed by atoms with E-state index in [-0.39, 0.29) is 11.8 Å². The summed E-state index contributed by atoms with van der Waals surface area (Å²) in [5, 5.41) is 2.75. The Kier molecular flexibility index (Phi) is 3.81. The van der Waals surface area contributed by atoms with E-state index in [1.807, 2.05) is 6.92 Å². The van der Waals surface area contributed by atoms with Gasteiger partial charge < -0.3 is 15.0 Å². The second-order valence-electron chi connectivity index (χ2n) is 5.29. The lowest BCUT2D eigenvalue weighted by Crippen LogP contribution is -2.72. The highest BCUT2D eigenvalue weighted by Gasteiger charge is 2.49. The highest BCUT2D eigenvalue weighted by molar-refractivity contribution is 6.01. The largest absolute Gasteiger partial charge is 0.380 e. The number of piperazine rings is 1. The van der Waals surface area contributed by atoms with Crippen molar-refractivity contribution in [3.05, 3.63) is 0 Å². The quantitative estimate of drug-likeness (QED) is 0.732. The Morgan fingerprint density at radius 2 is 1.82 bits per heavy atom. The van der Waals surface area contributed by atoms with E-state index >= 15 is 0 Å². The number of carbonyl (C=O) groups is 2. The molecular formula is C12H22N2O3. The molecule has 1 saturated heterocycles. The molecule has 0 saturated carbocycles. The van der Waals surface area contributed by atoms with Gasteiger partial charge in [-0.15, -0.1) is 0 Å². The van der Waals surface area contributed by atoms with Crippen LogP contribution in [0.4, 0.5) is 0 Å². The van der Waals surface area contributed by atoms with E-state index in [0.29, 0.717) is 19.8 Å². The number of amides is 2. The first-order chi connectivity index (χ1) is 7.73. The average Bonchev–Trinajstić information content (AvgIpc) is 2.21. The first-order valence-electron chi connectivity index (χ1n) is 5.96. The summed E-state index contributed by atoms with van der Waals surface area (Å²) in [6, 6.07) is 0. The van der Waals surface area contributed by atoms with Crippen molar-refractivity contribution in [1.29, 1.82) is 0 Å². The van der Waals surface area contributed by atoms with Gasteiger partial charge in [0.25, 0.3) is 0 Å².